The number of nitrogens with two attached hydrogens (primary N) is 1. The zero-order valence-corrected chi connectivity index (χ0v) is 8.63. The molecule has 0 radical (unpaired) electrons. The van der Waals surface area contributed by atoms with Gasteiger partial charge in [0, 0.05) is 12.0 Å². The summed E-state index contributed by atoms with van der Waals surface area (Å²) < 4.78 is 5.43. The predicted molar refractivity (Wildman–Crippen MR) is 56.3 cm³/mol. The molecule has 1 heterocycles. The minimum Gasteiger partial charge on any atom is -0.466 e. The van der Waals surface area contributed by atoms with E-state index >= 15 is 0 Å². The van der Waals surface area contributed by atoms with E-state index in [4.69, 9.17) is 16.7 Å². The minimum atomic E-state index is 0.0866. The van der Waals surface area contributed by atoms with E-state index in [1.165, 1.54) is 0 Å². The Morgan fingerprint density at radius 3 is 2.79 bits per heavy atom. The number of furan rings is 1. The third-order valence-electron chi connectivity index (χ3n) is 2.23. The monoisotopic (exact) mass is 192 g/mol. The average Bonchev–Trinajstić information content (AvgIpc) is 2.47. The smallest absolute Gasteiger partial charge is 0.105 e. The Kier molecular flexibility index (Phi) is 3.75. The van der Waals surface area contributed by atoms with Gasteiger partial charge in [0.2, 0.25) is 0 Å². The maximum Gasteiger partial charge on any atom is 0.105 e. The highest BCUT2D eigenvalue weighted by atomic mass is 16.3. The Labute approximate surface area is 84.6 Å². The maximum absolute atomic E-state index is 5.46. The number of hydrogen-bond acceptors (Lipinski definition) is 3. The number of hydrazine groups is 1. The van der Waals surface area contributed by atoms with Crippen LogP contribution in [0.15, 0.2) is 10.5 Å². The molecule has 1 aromatic rings. The molecule has 3 nitrogen and oxygen atoms in total. The fourth-order valence-corrected chi connectivity index (χ4v) is 1.55. The van der Waals surface area contributed by atoms with Crippen molar-refractivity contribution < 1.29 is 4.42 Å². The second kappa shape index (κ2) is 4.85. The molecule has 0 saturated carbocycles. The molecule has 14 heavy (non-hydrogen) atoms. The third kappa shape index (κ3) is 2.38. The van der Waals surface area contributed by atoms with Gasteiger partial charge in [-0.15, -0.1) is 12.3 Å². The molecule has 1 rings (SSSR count). The summed E-state index contributed by atoms with van der Waals surface area (Å²) in [4.78, 5) is 0. The molecule has 0 aromatic carbocycles. The summed E-state index contributed by atoms with van der Waals surface area (Å²) in [6.07, 6.45) is 6.74. The van der Waals surface area contributed by atoms with Gasteiger partial charge in [-0.05, 0) is 26.3 Å². The fraction of sp³-hybridized carbons (Fsp3) is 0.455. The second-order valence-electron chi connectivity index (χ2n) is 3.33. The molecule has 0 aliphatic carbocycles. The van der Waals surface area contributed by atoms with E-state index in [0.717, 1.165) is 23.5 Å². The van der Waals surface area contributed by atoms with E-state index in [9.17, 15) is 0 Å². The van der Waals surface area contributed by atoms with Crippen LogP contribution >= 0.6 is 0 Å². The molecule has 76 valence electrons. The molecule has 0 spiro atoms. The molecule has 0 fully saturated rings. The van der Waals surface area contributed by atoms with Gasteiger partial charge in [-0.25, -0.2) is 0 Å². The Morgan fingerprint density at radius 2 is 2.36 bits per heavy atom. The van der Waals surface area contributed by atoms with Gasteiger partial charge in [-0.2, -0.15) is 0 Å². The van der Waals surface area contributed by atoms with Gasteiger partial charge in [-0.3, -0.25) is 11.3 Å². The van der Waals surface area contributed by atoms with E-state index in [2.05, 4.69) is 11.3 Å². The van der Waals surface area contributed by atoms with Crippen molar-refractivity contribution in [3.63, 3.8) is 0 Å². The lowest BCUT2D eigenvalue weighted by molar-refractivity contribution is 0.477. The van der Waals surface area contributed by atoms with Crippen LogP contribution < -0.4 is 11.3 Å². The van der Waals surface area contributed by atoms with Crippen LogP contribution in [0.2, 0.25) is 0 Å². The first-order valence-corrected chi connectivity index (χ1v) is 4.65. The molecule has 3 heteroatoms. The van der Waals surface area contributed by atoms with Crippen LogP contribution in [0.25, 0.3) is 0 Å². The lowest BCUT2D eigenvalue weighted by Gasteiger charge is -2.13. The number of hydrogen-bond donors (Lipinski definition) is 2. The standard InChI is InChI=1S/C11H16N2O/c1-4-5-6-11(13-12)10-7-8(2)14-9(10)3/h1,7,11,13H,5-6,12H2,2-3H3. The average molecular weight is 192 g/mol. The van der Waals surface area contributed by atoms with Crippen molar-refractivity contribution >= 4 is 0 Å². The maximum atomic E-state index is 5.46. The van der Waals surface area contributed by atoms with Crippen molar-refractivity contribution in [1.82, 2.24) is 5.43 Å². The lowest BCUT2D eigenvalue weighted by atomic mass is 10.0. The molecule has 0 aliphatic heterocycles. The minimum absolute atomic E-state index is 0.0866. The van der Waals surface area contributed by atoms with E-state index in [1.54, 1.807) is 0 Å². The molecule has 0 saturated heterocycles. The molecule has 0 bridgehead atoms. The molecule has 1 atom stereocenters. The summed E-state index contributed by atoms with van der Waals surface area (Å²) in [5.74, 6) is 9.87. The van der Waals surface area contributed by atoms with Crippen LogP contribution in [0.4, 0.5) is 0 Å². The van der Waals surface area contributed by atoms with Crippen molar-refractivity contribution in [2.75, 3.05) is 0 Å². The summed E-state index contributed by atoms with van der Waals surface area (Å²) in [5, 5.41) is 0. The fourth-order valence-electron chi connectivity index (χ4n) is 1.55. The molecular formula is C11H16N2O. The van der Waals surface area contributed by atoms with Gasteiger partial charge in [-0.1, -0.05) is 0 Å². The van der Waals surface area contributed by atoms with E-state index < -0.39 is 0 Å². The Morgan fingerprint density at radius 1 is 1.64 bits per heavy atom. The van der Waals surface area contributed by atoms with E-state index in [1.807, 2.05) is 19.9 Å². The van der Waals surface area contributed by atoms with Crippen LogP contribution in [-0.2, 0) is 0 Å². The summed E-state index contributed by atoms with van der Waals surface area (Å²) >= 11 is 0. The van der Waals surface area contributed by atoms with Crippen molar-refractivity contribution in [1.29, 1.82) is 0 Å². The summed E-state index contributed by atoms with van der Waals surface area (Å²) in [6, 6.07) is 2.08. The predicted octanol–water partition coefficient (Wildman–Crippen LogP) is 1.81. The van der Waals surface area contributed by atoms with Crippen LogP contribution in [-0.4, -0.2) is 0 Å². The van der Waals surface area contributed by atoms with Gasteiger partial charge in [0.05, 0.1) is 6.04 Å². The van der Waals surface area contributed by atoms with Crippen molar-refractivity contribution in [3.05, 3.63) is 23.2 Å². The number of nitrogens with one attached hydrogen (secondary N) is 1. The topological polar surface area (TPSA) is 51.2 Å². The molecule has 1 aromatic heterocycles. The van der Waals surface area contributed by atoms with Gasteiger partial charge in [0.15, 0.2) is 0 Å². The Hall–Kier alpha value is -1.24. The zero-order chi connectivity index (χ0) is 10.6. The normalized spacial score (nSPS) is 12.4. The highest BCUT2D eigenvalue weighted by molar-refractivity contribution is 5.24. The zero-order valence-electron chi connectivity index (χ0n) is 8.63. The van der Waals surface area contributed by atoms with Crippen LogP contribution in [0.5, 0.6) is 0 Å². The van der Waals surface area contributed by atoms with Gasteiger partial charge in [0.1, 0.15) is 11.5 Å². The summed E-state index contributed by atoms with van der Waals surface area (Å²) in [5.41, 5.74) is 3.85. The van der Waals surface area contributed by atoms with Crippen molar-refractivity contribution in [2.24, 2.45) is 5.84 Å². The highest BCUT2D eigenvalue weighted by Gasteiger charge is 2.14. The van der Waals surface area contributed by atoms with Crippen molar-refractivity contribution in [3.8, 4) is 12.3 Å². The lowest BCUT2D eigenvalue weighted by Crippen LogP contribution is -2.28. The third-order valence-corrected chi connectivity index (χ3v) is 2.23. The van der Waals surface area contributed by atoms with Crippen LogP contribution in [0.1, 0.15) is 36.0 Å². The quantitative estimate of drug-likeness (QED) is 0.434. The second-order valence-corrected chi connectivity index (χ2v) is 3.33. The highest BCUT2D eigenvalue weighted by Crippen LogP contribution is 2.24. The number of terminal acetylenes is 1. The number of rotatable bonds is 4. The Balaban J connectivity index is 2.79. The van der Waals surface area contributed by atoms with Crippen LogP contribution in [0.3, 0.4) is 0 Å². The van der Waals surface area contributed by atoms with E-state index in [0.29, 0.717) is 6.42 Å². The first-order valence-electron chi connectivity index (χ1n) is 4.65. The Bertz CT molecular complexity index is 336. The molecular weight excluding hydrogens is 176 g/mol. The molecule has 3 N–H and O–H groups in total. The van der Waals surface area contributed by atoms with Crippen LogP contribution in [0, 0.1) is 26.2 Å². The molecule has 0 amide bonds. The van der Waals surface area contributed by atoms with E-state index in [-0.39, 0.29) is 6.04 Å². The van der Waals surface area contributed by atoms with Crippen molar-refractivity contribution in [2.45, 2.75) is 32.7 Å². The molecule has 1 unspecified atom stereocenters. The number of aryl methyl sites for hydroxylation is 2. The van der Waals surface area contributed by atoms with Gasteiger partial charge >= 0.3 is 0 Å². The summed E-state index contributed by atoms with van der Waals surface area (Å²) in [7, 11) is 0. The first kappa shape index (κ1) is 10.8. The summed E-state index contributed by atoms with van der Waals surface area (Å²) in [6.45, 7) is 3.85. The van der Waals surface area contributed by atoms with Gasteiger partial charge in [0.25, 0.3) is 0 Å². The largest absolute Gasteiger partial charge is 0.466 e. The molecule has 0 aliphatic rings. The first-order chi connectivity index (χ1) is 6.69. The SMILES string of the molecule is C#CCCC(NN)c1cc(C)oc1C. The van der Waals surface area contributed by atoms with Gasteiger partial charge < -0.3 is 4.42 Å².